The molecule has 0 saturated carbocycles. The van der Waals surface area contributed by atoms with Gasteiger partial charge in [0.1, 0.15) is 35.3 Å². The number of rotatable bonds is 7. The minimum Gasteiger partial charge on any atom is -0.489 e. The number of hydrogen-bond donors (Lipinski definition) is 3. The summed E-state index contributed by atoms with van der Waals surface area (Å²) in [6.07, 6.45) is -5.40. The maximum Gasteiger partial charge on any atom is 0.311 e. The molecule has 3 N–H and O–H groups in total. The summed E-state index contributed by atoms with van der Waals surface area (Å²) in [5.74, 6) is -2.25. The number of amides is 1. The number of methoxy groups -OCH3 is 1. The molecular weight excluding hydrogens is 662 g/mol. The average Bonchev–Trinajstić information content (AvgIpc) is 3.38. The summed E-state index contributed by atoms with van der Waals surface area (Å²) >= 11 is 0. The monoisotopic (exact) mass is 727 g/mol. The zero-order valence-corrected chi connectivity index (χ0v) is 33.0. The molecule has 1 amide bonds. The smallest absolute Gasteiger partial charge is 0.311 e. The minimum atomic E-state index is -1.81. The topological polar surface area (TPSA) is 163 Å². The Bertz CT molecular complexity index is 1280. The summed E-state index contributed by atoms with van der Waals surface area (Å²) in [6.45, 7) is 19.6. The number of nitrogens with zero attached hydrogens (tertiary/aromatic N) is 1. The first-order valence-corrected chi connectivity index (χ1v) is 18.7. The number of hydrogen-bond acceptors (Lipinski definition) is 12. The molecule has 4 heterocycles. The van der Waals surface area contributed by atoms with Gasteiger partial charge in [-0.15, -0.1) is 0 Å². The Labute approximate surface area is 304 Å². The second-order valence-electron chi connectivity index (χ2n) is 16.4. The molecule has 0 aromatic carbocycles. The third kappa shape index (κ3) is 8.46. The lowest BCUT2D eigenvalue weighted by atomic mass is 9.78. The fourth-order valence-corrected chi connectivity index (χ4v) is 8.83. The largest absolute Gasteiger partial charge is 0.489 e. The highest BCUT2D eigenvalue weighted by Gasteiger charge is 2.55. The predicted molar refractivity (Wildman–Crippen MR) is 187 cm³/mol. The molecule has 0 radical (unpaired) electrons. The van der Waals surface area contributed by atoms with E-state index in [1.54, 1.807) is 46.6 Å². The molecule has 3 fully saturated rings. The summed E-state index contributed by atoms with van der Waals surface area (Å²) in [5.41, 5.74) is -2.92. The van der Waals surface area contributed by atoms with Crippen LogP contribution < -0.4 is 0 Å². The number of aliphatic hydroxyl groups excluding tert-OH is 2. The van der Waals surface area contributed by atoms with Crippen molar-refractivity contribution in [3.8, 4) is 0 Å². The van der Waals surface area contributed by atoms with E-state index in [-0.39, 0.29) is 30.9 Å². The van der Waals surface area contributed by atoms with E-state index < -0.39 is 89.7 Å². The van der Waals surface area contributed by atoms with E-state index in [9.17, 15) is 24.9 Å². The molecule has 13 nitrogen and oxygen atoms in total. The van der Waals surface area contributed by atoms with Crippen LogP contribution in [0.2, 0.25) is 0 Å². The summed E-state index contributed by atoms with van der Waals surface area (Å²) in [5, 5.41) is 34.3. The number of fused-ring (bicyclic) bond motifs is 2. The van der Waals surface area contributed by atoms with Gasteiger partial charge in [-0.25, -0.2) is 0 Å². The van der Waals surface area contributed by atoms with Gasteiger partial charge in [-0.3, -0.25) is 9.59 Å². The summed E-state index contributed by atoms with van der Waals surface area (Å²) in [7, 11) is 3.31. The van der Waals surface area contributed by atoms with Crippen molar-refractivity contribution in [3.05, 3.63) is 11.3 Å². The van der Waals surface area contributed by atoms with E-state index in [0.29, 0.717) is 25.0 Å². The van der Waals surface area contributed by atoms with Gasteiger partial charge in [-0.2, -0.15) is 0 Å². The van der Waals surface area contributed by atoms with Gasteiger partial charge in [-0.1, -0.05) is 20.8 Å². The van der Waals surface area contributed by atoms with Crippen LogP contribution in [-0.4, -0.2) is 124 Å². The maximum absolute atomic E-state index is 14.1. The fraction of sp³-hybridized carbons (Fsp3) is 0.895. The summed E-state index contributed by atoms with van der Waals surface area (Å²) in [6, 6.07) is -0.117. The van der Waals surface area contributed by atoms with Crippen molar-refractivity contribution in [2.75, 3.05) is 14.2 Å². The quantitative estimate of drug-likeness (QED) is 0.326. The van der Waals surface area contributed by atoms with Crippen LogP contribution in [0.15, 0.2) is 11.3 Å². The molecule has 0 aliphatic carbocycles. The Morgan fingerprint density at radius 1 is 0.980 bits per heavy atom. The SMILES string of the molecule is CC[C@H]1OC(=O)[C@H](C)[C@@H](OC2CC(C)(OC)C(O)C(C)O2)[C@H](C)[C@@H](OC2CC(N(C)C(C)=O)CC(C)O2)[C@@]2(C)CC(C)=C(O2)[C@H](C)[C@@H](O)[C@]1(C)O. The molecule has 16 atom stereocenters. The lowest BCUT2D eigenvalue weighted by Gasteiger charge is -2.48. The van der Waals surface area contributed by atoms with Gasteiger partial charge in [0.25, 0.3) is 0 Å². The van der Waals surface area contributed by atoms with E-state index in [4.69, 9.17) is 33.2 Å². The van der Waals surface area contributed by atoms with Crippen LogP contribution in [-0.2, 0) is 42.7 Å². The lowest BCUT2D eigenvalue weighted by molar-refractivity contribution is -0.307. The standard InChI is InChI=1S/C38H65NO12/c1-14-27-38(11,44)32(41)21(4)30-19(2)17-37(10,51-30)34(50-28-16-26(15-20(3)46-28)39(12)25(8)40)22(5)31(23(6)35(43)48-27)49-29-18-36(9,45-13)33(42)24(7)47-29/h20-24,26-29,31-34,41-42,44H,14-18H2,1-13H3/t20?,21-,22-,23+,24?,26?,27+,28?,29?,31-,32+,33?,34+,36?,37+,38+/m0/s1. The van der Waals surface area contributed by atoms with Crippen molar-refractivity contribution in [2.45, 2.75) is 186 Å². The van der Waals surface area contributed by atoms with E-state index in [1.807, 2.05) is 27.7 Å². The number of carbonyl (C=O) groups is 2. The molecule has 13 heteroatoms. The number of cyclic esters (lactones) is 1. The average molecular weight is 728 g/mol. The fourth-order valence-electron chi connectivity index (χ4n) is 8.83. The Hall–Kier alpha value is -1.84. The maximum atomic E-state index is 14.1. The van der Waals surface area contributed by atoms with E-state index in [2.05, 4.69) is 0 Å². The van der Waals surface area contributed by atoms with Crippen molar-refractivity contribution in [1.82, 2.24) is 4.90 Å². The zero-order chi connectivity index (χ0) is 38.4. The van der Waals surface area contributed by atoms with E-state index >= 15 is 0 Å². The van der Waals surface area contributed by atoms with Crippen molar-refractivity contribution >= 4 is 11.9 Å². The molecule has 2 bridgehead atoms. The van der Waals surface area contributed by atoms with Crippen LogP contribution >= 0.6 is 0 Å². The Morgan fingerprint density at radius 3 is 2.22 bits per heavy atom. The van der Waals surface area contributed by atoms with Crippen molar-refractivity contribution in [2.24, 2.45) is 17.8 Å². The minimum absolute atomic E-state index is 0.0525. The predicted octanol–water partition coefficient (Wildman–Crippen LogP) is 3.84. The third-order valence-electron chi connectivity index (χ3n) is 12.2. The Morgan fingerprint density at radius 2 is 1.63 bits per heavy atom. The van der Waals surface area contributed by atoms with Crippen LogP contribution in [0.3, 0.4) is 0 Å². The van der Waals surface area contributed by atoms with Crippen molar-refractivity contribution < 1.29 is 58.1 Å². The van der Waals surface area contributed by atoms with Crippen molar-refractivity contribution in [3.63, 3.8) is 0 Å². The molecule has 4 aliphatic rings. The number of carbonyl (C=O) groups excluding carboxylic acids is 2. The van der Waals surface area contributed by atoms with E-state index in [0.717, 1.165) is 5.57 Å². The molecule has 51 heavy (non-hydrogen) atoms. The first kappa shape index (κ1) is 41.9. The van der Waals surface area contributed by atoms with Gasteiger partial charge in [0, 0.05) is 58.2 Å². The number of ether oxygens (including phenoxy) is 7. The molecule has 4 aliphatic heterocycles. The highest BCUT2D eigenvalue weighted by atomic mass is 16.7. The zero-order valence-electron chi connectivity index (χ0n) is 33.0. The van der Waals surface area contributed by atoms with Gasteiger partial charge in [0.2, 0.25) is 5.91 Å². The first-order chi connectivity index (χ1) is 23.6. The second kappa shape index (κ2) is 15.9. The van der Waals surface area contributed by atoms with Gasteiger partial charge in [-0.05, 0) is 66.9 Å². The molecule has 0 spiro atoms. The number of aliphatic hydroxyl groups is 3. The molecule has 0 aromatic heterocycles. The first-order valence-electron chi connectivity index (χ1n) is 18.7. The lowest BCUT2D eigenvalue weighted by Crippen LogP contribution is -2.59. The van der Waals surface area contributed by atoms with Gasteiger partial charge in [0.15, 0.2) is 12.6 Å². The molecule has 0 aromatic rings. The summed E-state index contributed by atoms with van der Waals surface area (Å²) in [4.78, 5) is 28.2. The summed E-state index contributed by atoms with van der Waals surface area (Å²) < 4.78 is 44.9. The molecule has 294 valence electrons. The molecule has 7 unspecified atom stereocenters. The third-order valence-corrected chi connectivity index (χ3v) is 12.2. The van der Waals surface area contributed by atoms with Crippen LogP contribution in [0.5, 0.6) is 0 Å². The van der Waals surface area contributed by atoms with Crippen LogP contribution in [0.25, 0.3) is 0 Å². The highest BCUT2D eigenvalue weighted by molar-refractivity contribution is 5.73. The Balaban J connectivity index is 1.82. The number of esters is 1. The van der Waals surface area contributed by atoms with Gasteiger partial charge in [0.05, 0.1) is 35.9 Å². The normalized spacial score (nSPS) is 47.1. The molecular formula is C38H65NO12. The Kier molecular flexibility index (Phi) is 13.0. The van der Waals surface area contributed by atoms with E-state index in [1.165, 1.54) is 21.0 Å². The highest BCUT2D eigenvalue weighted by Crippen LogP contribution is 2.47. The van der Waals surface area contributed by atoms with Gasteiger partial charge < -0.3 is 53.4 Å². The second-order valence-corrected chi connectivity index (χ2v) is 16.4. The van der Waals surface area contributed by atoms with Crippen LogP contribution in [0.1, 0.15) is 108 Å². The van der Waals surface area contributed by atoms with Crippen LogP contribution in [0, 0.1) is 17.8 Å². The molecule has 4 rings (SSSR count). The van der Waals surface area contributed by atoms with Crippen molar-refractivity contribution in [1.29, 1.82) is 0 Å². The van der Waals surface area contributed by atoms with Gasteiger partial charge >= 0.3 is 5.97 Å². The molecule has 3 saturated heterocycles. The van der Waals surface area contributed by atoms with Crippen LogP contribution in [0.4, 0.5) is 0 Å².